The monoisotopic (exact) mass is 210 g/mol. The average Bonchev–Trinajstić information content (AvgIpc) is 2.16. The minimum Gasteiger partial charge on any atom is -0.370 e. The Hall–Kier alpha value is -1.89. The second-order valence-electron chi connectivity index (χ2n) is 3.15. The number of hydrogen-bond donors (Lipinski definition) is 4. The van der Waals surface area contributed by atoms with Gasteiger partial charge in [-0.3, -0.25) is 9.78 Å². The number of nitrogens with zero attached hydrogens (tertiary/aromatic N) is 2. The summed E-state index contributed by atoms with van der Waals surface area (Å²) in [5.41, 5.74) is 7.43. The van der Waals surface area contributed by atoms with Crippen molar-refractivity contribution in [3.63, 3.8) is 0 Å². The highest BCUT2D eigenvalue weighted by molar-refractivity contribution is 5.74. The van der Waals surface area contributed by atoms with E-state index in [1.807, 2.05) is 6.92 Å². The predicted molar refractivity (Wildman–Crippen MR) is 56.7 cm³/mol. The molecule has 1 amide bonds. The molecular formula is C8H14N6O. The lowest BCUT2D eigenvalue weighted by Gasteiger charge is -2.12. The highest BCUT2D eigenvalue weighted by atomic mass is 16.1. The fourth-order valence-electron chi connectivity index (χ4n) is 1.11. The van der Waals surface area contributed by atoms with Gasteiger partial charge in [-0.1, -0.05) is 0 Å². The molecular weight excluding hydrogens is 196 g/mol. The molecule has 0 aromatic carbocycles. The molecule has 0 spiro atoms. The van der Waals surface area contributed by atoms with E-state index in [-0.39, 0.29) is 18.4 Å². The third kappa shape index (κ3) is 3.77. The molecule has 0 radical (unpaired) electrons. The first-order valence-corrected chi connectivity index (χ1v) is 4.45. The van der Waals surface area contributed by atoms with E-state index in [0.29, 0.717) is 11.6 Å². The van der Waals surface area contributed by atoms with Crippen LogP contribution in [0.1, 0.15) is 13.3 Å². The number of primary amides is 1. The molecule has 1 heterocycles. The molecule has 1 rings (SSSR count). The zero-order valence-electron chi connectivity index (χ0n) is 8.40. The van der Waals surface area contributed by atoms with Crippen molar-refractivity contribution < 1.29 is 4.79 Å². The maximum atomic E-state index is 10.6. The molecule has 7 heteroatoms. The second kappa shape index (κ2) is 5.11. The van der Waals surface area contributed by atoms with Crippen LogP contribution in [0.25, 0.3) is 0 Å². The minimum absolute atomic E-state index is 0.0928. The lowest BCUT2D eigenvalue weighted by atomic mass is 10.2. The molecule has 6 N–H and O–H groups in total. The summed E-state index contributed by atoms with van der Waals surface area (Å²) in [5.74, 6) is 5.80. The summed E-state index contributed by atoms with van der Waals surface area (Å²) in [6.45, 7) is 1.83. The molecule has 0 fully saturated rings. The Morgan fingerprint density at radius 2 is 2.20 bits per heavy atom. The van der Waals surface area contributed by atoms with Crippen molar-refractivity contribution in [1.29, 1.82) is 0 Å². The first kappa shape index (κ1) is 11.2. The van der Waals surface area contributed by atoms with Gasteiger partial charge in [-0.15, -0.1) is 0 Å². The van der Waals surface area contributed by atoms with Crippen LogP contribution in [0.2, 0.25) is 0 Å². The number of aromatic nitrogens is 2. The number of nitrogens with one attached hydrogen (secondary N) is 2. The van der Waals surface area contributed by atoms with Crippen LogP contribution in [-0.4, -0.2) is 21.9 Å². The standard InChI is InChI=1S/C8H14N6O/c1-5(2-6(9)15)12-7-3-11-4-8(13-7)14-10/h3-5H,2,10H2,1H3,(H2,9,15)(H2,12,13,14). The highest BCUT2D eigenvalue weighted by Crippen LogP contribution is 2.07. The number of nitrogens with two attached hydrogens (primary N) is 2. The molecule has 0 saturated carbocycles. The van der Waals surface area contributed by atoms with Crippen LogP contribution in [0.15, 0.2) is 12.4 Å². The summed E-state index contributed by atoms with van der Waals surface area (Å²) in [7, 11) is 0. The molecule has 0 aliphatic heterocycles. The van der Waals surface area contributed by atoms with E-state index in [1.54, 1.807) is 6.20 Å². The number of nitrogen functional groups attached to an aromatic ring is 1. The Morgan fingerprint density at radius 1 is 1.53 bits per heavy atom. The van der Waals surface area contributed by atoms with Crippen LogP contribution in [0.3, 0.4) is 0 Å². The third-order valence-electron chi connectivity index (χ3n) is 1.68. The topological polar surface area (TPSA) is 119 Å². The van der Waals surface area contributed by atoms with Crippen molar-refractivity contribution in [3.05, 3.63) is 12.4 Å². The molecule has 1 atom stereocenters. The van der Waals surface area contributed by atoms with Crippen LogP contribution in [0.4, 0.5) is 11.6 Å². The number of amides is 1. The van der Waals surface area contributed by atoms with Gasteiger partial charge in [0.1, 0.15) is 5.82 Å². The number of hydrazine groups is 1. The smallest absolute Gasteiger partial charge is 0.219 e. The molecule has 15 heavy (non-hydrogen) atoms. The lowest BCUT2D eigenvalue weighted by molar-refractivity contribution is -0.118. The molecule has 82 valence electrons. The van der Waals surface area contributed by atoms with Gasteiger partial charge in [0.15, 0.2) is 5.82 Å². The molecule has 1 aromatic heterocycles. The van der Waals surface area contributed by atoms with E-state index in [4.69, 9.17) is 11.6 Å². The predicted octanol–water partition coefficient (Wildman–Crippen LogP) is -0.562. The Labute approximate surface area is 87.2 Å². The van der Waals surface area contributed by atoms with Gasteiger partial charge in [0, 0.05) is 12.5 Å². The lowest BCUT2D eigenvalue weighted by Crippen LogP contribution is -2.24. The normalized spacial score (nSPS) is 11.9. The molecule has 7 nitrogen and oxygen atoms in total. The second-order valence-corrected chi connectivity index (χ2v) is 3.15. The van der Waals surface area contributed by atoms with E-state index in [2.05, 4.69) is 20.7 Å². The molecule has 0 aliphatic carbocycles. The first-order chi connectivity index (χ1) is 7.11. The Kier molecular flexibility index (Phi) is 3.81. The van der Waals surface area contributed by atoms with Gasteiger partial charge in [0.05, 0.1) is 12.4 Å². The summed E-state index contributed by atoms with van der Waals surface area (Å²) in [5, 5.41) is 2.98. The van der Waals surface area contributed by atoms with Gasteiger partial charge >= 0.3 is 0 Å². The number of rotatable bonds is 5. The molecule has 0 saturated heterocycles. The van der Waals surface area contributed by atoms with Gasteiger partial charge in [-0.25, -0.2) is 10.8 Å². The number of carbonyl (C=O) groups excluding carboxylic acids is 1. The van der Waals surface area contributed by atoms with Crippen LogP contribution in [-0.2, 0) is 4.79 Å². The number of hydrogen-bond acceptors (Lipinski definition) is 6. The van der Waals surface area contributed by atoms with Crippen LogP contribution < -0.4 is 22.3 Å². The molecule has 1 unspecified atom stereocenters. The summed E-state index contributed by atoms with van der Waals surface area (Å²) >= 11 is 0. The van der Waals surface area contributed by atoms with Crippen molar-refractivity contribution in [3.8, 4) is 0 Å². The van der Waals surface area contributed by atoms with Crippen molar-refractivity contribution in [1.82, 2.24) is 9.97 Å². The summed E-state index contributed by atoms with van der Waals surface area (Å²) in [6.07, 6.45) is 3.27. The van der Waals surface area contributed by atoms with E-state index in [9.17, 15) is 4.79 Å². The van der Waals surface area contributed by atoms with Gasteiger partial charge in [0.25, 0.3) is 0 Å². The number of carbonyl (C=O) groups is 1. The molecule has 0 bridgehead atoms. The summed E-state index contributed by atoms with van der Waals surface area (Å²) in [4.78, 5) is 18.6. The zero-order valence-corrected chi connectivity index (χ0v) is 8.40. The van der Waals surface area contributed by atoms with Gasteiger partial charge < -0.3 is 16.5 Å². The maximum Gasteiger partial charge on any atom is 0.219 e. The fraction of sp³-hybridized carbons (Fsp3) is 0.375. The minimum atomic E-state index is -0.365. The van der Waals surface area contributed by atoms with E-state index >= 15 is 0 Å². The highest BCUT2D eigenvalue weighted by Gasteiger charge is 2.06. The zero-order chi connectivity index (χ0) is 11.3. The van der Waals surface area contributed by atoms with Crippen molar-refractivity contribution in [2.45, 2.75) is 19.4 Å². The fourth-order valence-corrected chi connectivity index (χ4v) is 1.11. The van der Waals surface area contributed by atoms with Gasteiger partial charge in [-0.05, 0) is 6.92 Å². The van der Waals surface area contributed by atoms with Crippen LogP contribution in [0, 0.1) is 0 Å². The molecule has 1 aromatic rings. The molecule has 0 aliphatic rings. The Balaban J connectivity index is 2.59. The Bertz CT molecular complexity index is 342. The van der Waals surface area contributed by atoms with Crippen LogP contribution in [0.5, 0.6) is 0 Å². The van der Waals surface area contributed by atoms with Crippen molar-refractivity contribution >= 4 is 17.5 Å². The largest absolute Gasteiger partial charge is 0.370 e. The van der Waals surface area contributed by atoms with E-state index < -0.39 is 0 Å². The van der Waals surface area contributed by atoms with Crippen molar-refractivity contribution in [2.75, 3.05) is 10.7 Å². The maximum absolute atomic E-state index is 10.6. The Morgan fingerprint density at radius 3 is 2.80 bits per heavy atom. The van der Waals surface area contributed by atoms with Crippen molar-refractivity contribution in [2.24, 2.45) is 11.6 Å². The average molecular weight is 210 g/mol. The summed E-state index contributed by atoms with van der Waals surface area (Å²) < 4.78 is 0. The third-order valence-corrected chi connectivity index (χ3v) is 1.68. The van der Waals surface area contributed by atoms with Gasteiger partial charge in [0.2, 0.25) is 5.91 Å². The van der Waals surface area contributed by atoms with Crippen LogP contribution >= 0.6 is 0 Å². The number of anilines is 2. The SMILES string of the molecule is CC(CC(N)=O)Nc1cncc(NN)n1. The van der Waals surface area contributed by atoms with E-state index in [1.165, 1.54) is 6.20 Å². The van der Waals surface area contributed by atoms with E-state index in [0.717, 1.165) is 0 Å². The first-order valence-electron chi connectivity index (χ1n) is 4.45. The summed E-state index contributed by atoms with van der Waals surface area (Å²) in [6, 6.07) is -0.0928. The quantitative estimate of drug-likeness (QED) is 0.382. The van der Waals surface area contributed by atoms with Gasteiger partial charge in [-0.2, -0.15) is 0 Å².